The Morgan fingerprint density at radius 1 is 1.36 bits per heavy atom. The molecule has 0 amide bonds. The molecule has 3 rings (SSSR count). The van der Waals surface area contributed by atoms with E-state index < -0.39 is 5.60 Å². The highest BCUT2D eigenvalue weighted by atomic mass is 16.4. The zero-order valence-electron chi connectivity index (χ0n) is 8.07. The lowest BCUT2D eigenvalue weighted by Crippen LogP contribution is -2.46. The molecule has 3 heterocycles. The summed E-state index contributed by atoms with van der Waals surface area (Å²) in [5.74, 6) is 0.732. The molecular weight excluding hydrogens is 178 g/mol. The highest BCUT2D eigenvalue weighted by Gasteiger charge is 2.44. The first-order valence-corrected chi connectivity index (χ1v) is 5.29. The summed E-state index contributed by atoms with van der Waals surface area (Å²) in [5, 5.41) is 14.0. The summed E-state index contributed by atoms with van der Waals surface area (Å²) in [6, 6.07) is 4.68. The van der Waals surface area contributed by atoms with E-state index in [-0.39, 0.29) is 0 Å². The van der Waals surface area contributed by atoms with Gasteiger partial charge in [0.15, 0.2) is 0 Å². The molecular formula is C11H15NO2. The van der Waals surface area contributed by atoms with E-state index >= 15 is 0 Å². The van der Waals surface area contributed by atoms with E-state index in [1.807, 2.05) is 12.1 Å². The molecule has 2 aliphatic heterocycles. The molecule has 2 aliphatic rings. The molecule has 76 valence electrons. The standard InChI is InChI=1S/C11H15NO2/c13-11(10-2-1-5-14-10)6-8-3-4-9(7-11)12-8/h1-2,5,8-9,12-13H,3-4,6-7H2. The van der Waals surface area contributed by atoms with Crippen molar-refractivity contribution in [3.05, 3.63) is 24.2 Å². The van der Waals surface area contributed by atoms with E-state index in [9.17, 15) is 5.11 Å². The van der Waals surface area contributed by atoms with E-state index in [0.29, 0.717) is 12.1 Å². The minimum atomic E-state index is -0.722. The molecule has 0 aromatic carbocycles. The van der Waals surface area contributed by atoms with Crippen molar-refractivity contribution in [3.63, 3.8) is 0 Å². The van der Waals surface area contributed by atoms with Crippen LogP contribution in [0.1, 0.15) is 31.4 Å². The van der Waals surface area contributed by atoms with Crippen molar-refractivity contribution >= 4 is 0 Å². The fraction of sp³-hybridized carbons (Fsp3) is 0.636. The van der Waals surface area contributed by atoms with Crippen LogP contribution in [0.25, 0.3) is 0 Å². The van der Waals surface area contributed by atoms with Gasteiger partial charge < -0.3 is 14.8 Å². The zero-order chi connectivity index (χ0) is 9.60. The lowest BCUT2D eigenvalue weighted by Gasteiger charge is -2.35. The highest BCUT2D eigenvalue weighted by molar-refractivity contribution is 5.14. The number of hydrogen-bond acceptors (Lipinski definition) is 3. The third-order valence-electron chi connectivity index (χ3n) is 3.48. The molecule has 2 atom stereocenters. The monoisotopic (exact) mass is 193 g/mol. The molecule has 2 fully saturated rings. The van der Waals surface area contributed by atoms with E-state index in [2.05, 4.69) is 5.32 Å². The Balaban J connectivity index is 1.90. The van der Waals surface area contributed by atoms with Crippen LogP contribution in [-0.2, 0) is 5.60 Å². The fourth-order valence-corrected chi connectivity index (χ4v) is 2.87. The van der Waals surface area contributed by atoms with Crippen LogP contribution in [0, 0.1) is 0 Å². The topological polar surface area (TPSA) is 45.4 Å². The van der Waals surface area contributed by atoms with Gasteiger partial charge in [-0.05, 0) is 37.8 Å². The second-order valence-electron chi connectivity index (χ2n) is 4.55. The summed E-state index contributed by atoms with van der Waals surface area (Å²) in [5.41, 5.74) is -0.722. The Hall–Kier alpha value is -0.800. The summed E-state index contributed by atoms with van der Waals surface area (Å²) < 4.78 is 5.32. The Labute approximate surface area is 83.1 Å². The maximum atomic E-state index is 10.5. The molecule has 2 N–H and O–H groups in total. The molecule has 0 saturated carbocycles. The molecule has 14 heavy (non-hydrogen) atoms. The second-order valence-corrected chi connectivity index (χ2v) is 4.55. The minimum Gasteiger partial charge on any atom is -0.466 e. The third-order valence-corrected chi connectivity index (χ3v) is 3.48. The van der Waals surface area contributed by atoms with Crippen LogP contribution in [0.15, 0.2) is 22.8 Å². The molecule has 0 radical (unpaired) electrons. The minimum absolute atomic E-state index is 0.476. The quantitative estimate of drug-likeness (QED) is 0.708. The maximum Gasteiger partial charge on any atom is 0.135 e. The lowest BCUT2D eigenvalue weighted by molar-refractivity contribution is -0.0296. The summed E-state index contributed by atoms with van der Waals surface area (Å²) in [6.07, 6.45) is 5.59. The first-order chi connectivity index (χ1) is 6.76. The summed E-state index contributed by atoms with van der Waals surface area (Å²) in [7, 11) is 0. The second kappa shape index (κ2) is 2.84. The summed E-state index contributed by atoms with van der Waals surface area (Å²) >= 11 is 0. The van der Waals surface area contributed by atoms with Crippen molar-refractivity contribution in [1.82, 2.24) is 5.32 Å². The number of piperidine rings is 1. The van der Waals surface area contributed by atoms with Crippen molar-refractivity contribution in [2.45, 2.75) is 43.4 Å². The Bertz CT molecular complexity index is 308. The molecule has 2 bridgehead atoms. The number of rotatable bonds is 1. The van der Waals surface area contributed by atoms with Crippen molar-refractivity contribution in [3.8, 4) is 0 Å². The summed E-state index contributed by atoms with van der Waals surface area (Å²) in [4.78, 5) is 0. The van der Waals surface area contributed by atoms with Gasteiger partial charge in [0.05, 0.1) is 6.26 Å². The number of fused-ring (bicyclic) bond motifs is 2. The molecule has 3 heteroatoms. The van der Waals surface area contributed by atoms with Crippen molar-refractivity contribution in [2.75, 3.05) is 0 Å². The average molecular weight is 193 g/mol. The first-order valence-electron chi connectivity index (χ1n) is 5.29. The van der Waals surface area contributed by atoms with Crippen LogP contribution in [0.3, 0.4) is 0 Å². The van der Waals surface area contributed by atoms with Crippen molar-refractivity contribution < 1.29 is 9.52 Å². The molecule has 3 nitrogen and oxygen atoms in total. The van der Waals surface area contributed by atoms with Gasteiger partial charge in [0, 0.05) is 12.1 Å². The summed E-state index contributed by atoms with van der Waals surface area (Å²) in [6.45, 7) is 0. The number of nitrogens with one attached hydrogen (secondary N) is 1. The van der Waals surface area contributed by atoms with E-state index in [1.54, 1.807) is 6.26 Å². The Morgan fingerprint density at radius 3 is 2.64 bits per heavy atom. The van der Waals surface area contributed by atoms with E-state index in [1.165, 1.54) is 12.8 Å². The van der Waals surface area contributed by atoms with Gasteiger partial charge in [-0.3, -0.25) is 0 Å². The fourth-order valence-electron chi connectivity index (χ4n) is 2.87. The zero-order valence-corrected chi connectivity index (χ0v) is 8.07. The molecule has 2 saturated heterocycles. The van der Waals surface area contributed by atoms with Gasteiger partial charge in [-0.2, -0.15) is 0 Å². The largest absolute Gasteiger partial charge is 0.466 e. The Morgan fingerprint density at radius 2 is 2.07 bits per heavy atom. The highest BCUT2D eigenvalue weighted by Crippen LogP contribution is 2.40. The first kappa shape index (κ1) is 8.50. The van der Waals surface area contributed by atoms with Crippen molar-refractivity contribution in [2.24, 2.45) is 0 Å². The van der Waals surface area contributed by atoms with Crippen LogP contribution < -0.4 is 5.32 Å². The van der Waals surface area contributed by atoms with Crippen molar-refractivity contribution in [1.29, 1.82) is 0 Å². The predicted octanol–water partition coefficient (Wildman–Crippen LogP) is 1.38. The third kappa shape index (κ3) is 1.20. The molecule has 1 aromatic heterocycles. The van der Waals surface area contributed by atoms with Gasteiger partial charge in [0.1, 0.15) is 11.4 Å². The maximum absolute atomic E-state index is 10.5. The van der Waals surface area contributed by atoms with Crippen LogP contribution in [0.4, 0.5) is 0 Å². The average Bonchev–Trinajstić information content (AvgIpc) is 2.75. The van der Waals surface area contributed by atoms with Crippen LogP contribution in [-0.4, -0.2) is 17.2 Å². The lowest BCUT2D eigenvalue weighted by atomic mass is 9.85. The molecule has 0 spiro atoms. The van der Waals surface area contributed by atoms with Gasteiger partial charge in [-0.25, -0.2) is 0 Å². The molecule has 2 unspecified atom stereocenters. The number of aliphatic hydroxyl groups is 1. The van der Waals surface area contributed by atoms with Gasteiger partial charge in [-0.1, -0.05) is 0 Å². The molecule has 1 aromatic rings. The van der Waals surface area contributed by atoms with Crippen LogP contribution >= 0.6 is 0 Å². The van der Waals surface area contributed by atoms with Gasteiger partial charge in [0.2, 0.25) is 0 Å². The van der Waals surface area contributed by atoms with Gasteiger partial charge >= 0.3 is 0 Å². The Kier molecular flexibility index (Phi) is 1.73. The van der Waals surface area contributed by atoms with Crippen LogP contribution in [0.5, 0.6) is 0 Å². The van der Waals surface area contributed by atoms with E-state index in [0.717, 1.165) is 18.6 Å². The normalized spacial score (nSPS) is 41.5. The van der Waals surface area contributed by atoms with Crippen LogP contribution in [0.2, 0.25) is 0 Å². The number of furan rings is 1. The van der Waals surface area contributed by atoms with Gasteiger partial charge in [0.25, 0.3) is 0 Å². The smallest absolute Gasteiger partial charge is 0.135 e. The predicted molar refractivity (Wildman–Crippen MR) is 51.8 cm³/mol. The molecule has 0 aliphatic carbocycles. The number of hydrogen-bond donors (Lipinski definition) is 2. The van der Waals surface area contributed by atoms with E-state index in [4.69, 9.17) is 4.42 Å². The van der Waals surface area contributed by atoms with Gasteiger partial charge in [-0.15, -0.1) is 0 Å². The SMILES string of the molecule is OC1(c2ccco2)CC2CCC(C1)N2.